The molecule has 78 valence electrons. The van der Waals surface area contributed by atoms with Crippen LogP contribution in [-0.2, 0) is 9.47 Å². The number of rotatable bonds is 5. The van der Waals surface area contributed by atoms with E-state index in [0.29, 0.717) is 11.5 Å². The van der Waals surface area contributed by atoms with Crippen LogP contribution in [0.4, 0.5) is 0 Å². The monoisotopic (exact) mass is 187 g/mol. The minimum Gasteiger partial charge on any atom is -0.383 e. The highest BCUT2D eigenvalue weighted by atomic mass is 16.5. The summed E-state index contributed by atoms with van der Waals surface area (Å²) in [5.41, 5.74) is 0.313. The molecule has 3 heteroatoms. The number of hydrogen-bond donors (Lipinski definition) is 1. The third-order valence-electron chi connectivity index (χ3n) is 3.03. The van der Waals surface area contributed by atoms with Crippen molar-refractivity contribution in [2.75, 3.05) is 33.4 Å². The highest BCUT2D eigenvalue weighted by molar-refractivity contribution is 4.87. The molecule has 0 aliphatic carbocycles. The van der Waals surface area contributed by atoms with Crippen molar-refractivity contribution in [2.24, 2.45) is 5.41 Å². The Morgan fingerprint density at radius 2 is 2.38 bits per heavy atom. The number of nitrogens with one attached hydrogen (secondary N) is 1. The summed E-state index contributed by atoms with van der Waals surface area (Å²) in [6.07, 6.45) is 1.54. The standard InChI is InChI=1S/C10H21NO2/c1-9-10(2,4-6-13-9)8-11-5-7-12-3/h9,11H,4-8H2,1-3H3. The van der Waals surface area contributed by atoms with Crippen molar-refractivity contribution in [2.45, 2.75) is 26.4 Å². The molecule has 0 aromatic heterocycles. The summed E-state index contributed by atoms with van der Waals surface area (Å²) in [6.45, 7) is 8.08. The molecule has 0 amide bonds. The smallest absolute Gasteiger partial charge is 0.0613 e. The zero-order valence-corrected chi connectivity index (χ0v) is 8.93. The second-order valence-electron chi connectivity index (χ2n) is 4.09. The Morgan fingerprint density at radius 1 is 1.62 bits per heavy atom. The highest BCUT2D eigenvalue weighted by Crippen LogP contribution is 2.33. The van der Waals surface area contributed by atoms with Gasteiger partial charge in [0, 0.05) is 32.2 Å². The van der Waals surface area contributed by atoms with Crippen LogP contribution in [0.5, 0.6) is 0 Å². The molecule has 0 aromatic carbocycles. The molecule has 1 heterocycles. The van der Waals surface area contributed by atoms with E-state index in [-0.39, 0.29) is 0 Å². The van der Waals surface area contributed by atoms with Crippen molar-refractivity contribution < 1.29 is 9.47 Å². The summed E-state index contributed by atoms with van der Waals surface area (Å²) in [7, 11) is 1.73. The van der Waals surface area contributed by atoms with Crippen LogP contribution >= 0.6 is 0 Å². The molecule has 1 rings (SSSR count). The molecule has 1 N–H and O–H groups in total. The summed E-state index contributed by atoms with van der Waals surface area (Å²) < 4.78 is 10.5. The van der Waals surface area contributed by atoms with Gasteiger partial charge in [0.05, 0.1) is 12.7 Å². The number of hydrogen-bond acceptors (Lipinski definition) is 3. The molecule has 0 bridgehead atoms. The molecule has 13 heavy (non-hydrogen) atoms. The van der Waals surface area contributed by atoms with Gasteiger partial charge in [-0.3, -0.25) is 0 Å². The van der Waals surface area contributed by atoms with E-state index in [0.717, 1.165) is 32.7 Å². The lowest BCUT2D eigenvalue weighted by atomic mass is 9.84. The molecule has 1 fully saturated rings. The lowest BCUT2D eigenvalue weighted by molar-refractivity contribution is 0.0707. The average molecular weight is 187 g/mol. The Hall–Kier alpha value is -0.120. The van der Waals surface area contributed by atoms with Gasteiger partial charge in [-0.1, -0.05) is 6.92 Å². The zero-order chi connectivity index (χ0) is 9.73. The van der Waals surface area contributed by atoms with E-state index in [4.69, 9.17) is 9.47 Å². The third kappa shape index (κ3) is 2.93. The molecular weight excluding hydrogens is 166 g/mol. The molecule has 1 aliphatic heterocycles. The molecule has 0 saturated carbocycles. The van der Waals surface area contributed by atoms with Crippen molar-refractivity contribution >= 4 is 0 Å². The Bertz CT molecular complexity index is 152. The Kier molecular flexibility index (Phi) is 4.16. The minimum absolute atomic E-state index is 0.313. The van der Waals surface area contributed by atoms with Crippen LogP contribution in [-0.4, -0.2) is 39.5 Å². The Balaban J connectivity index is 2.18. The van der Waals surface area contributed by atoms with Crippen LogP contribution < -0.4 is 5.32 Å². The summed E-state index contributed by atoms with van der Waals surface area (Å²) in [6, 6.07) is 0. The fraction of sp³-hybridized carbons (Fsp3) is 1.00. The maximum atomic E-state index is 5.55. The van der Waals surface area contributed by atoms with Gasteiger partial charge in [-0.05, 0) is 13.3 Å². The van der Waals surface area contributed by atoms with E-state index in [2.05, 4.69) is 19.2 Å². The molecule has 3 nitrogen and oxygen atoms in total. The van der Waals surface area contributed by atoms with Gasteiger partial charge in [0.15, 0.2) is 0 Å². The molecule has 0 spiro atoms. The van der Waals surface area contributed by atoms with Crippen LogP contribution in [0.15, 0.2) is 0 Å². The molecule has 1 saturated heterocycles. The van der Waals surface area contributed by atoms with Gasteiger partial charge >= 0.3 is 0 Å². The second kappa shape index (κ2) is 4.94. The lowest BCUT2D eigenvalue weighted by Gasteiger charge is -2.27. The van der Waals surface area contributed by atoms with Crippen molar-refractivity contribution in [3.63, 3.8) is 0 Å². The first-order valence-corrected chi connectivity index (χ1v) is 5.00. The quantitative estimate of drug-likeness (QED) is 0.652. The predicted octanol–water partition coefficient (Wildman–Crippen LogP) is 1.04. The second-order valence-corrected chi connectivity index (χ2v) is 4.09. The van der Waals surface area contributed by atoms with Gasteiger partial charge in [0.1, 0.15) is 0 Å². The summed E-state index contributed by atoms with van der Waals surface area (Å²) in [5.74, 6) is 0. The SMILES string of the molecule is COCCNCC1(C)CCOC1C. The minimum atomic E-state index is 0.313. The molecule has 0 radical (unpaired) electrons. The lowest BCUT2D eigenvalue weighted by Crippen LogP contribution is -2.38. The maximum Gasteiger partial charge on any atom is 0.0613 e. The van der Waals surface area contributed by atoms with Crippen molar-refractivity contribution in [3.8, 4) is 0 Å². The van der Waals surface area contributed by atoms with Gasteiger partial charge < -0.3 is 14.8 Å². The first-order chi connectivity index (χ1) is 6.19. The number of ether oxygens (including phenoxy) is 2. The number of methoxy groups -OCH3 is 1. The van der Waals surface area contributed by atoms with Crippen molar-refractivity contribution in [1.29, 1.82) is 0 Å². The molecule has 0 aromatic rings. The van der Waals surface area contributed by atoms with Crippen LogP contribution in [0, 0.1) is 5.41 Å². The van der Waals surface area contributed by atoms with E-state index in [1.807, 2.05) is 0 Å². The van der Waals surface area contributed by atoms with Gasteiger partial charge in [-0.15, -0.1) is 0 Å². The molecular formula is C10H21NO2. The summed E-state index contributed by atoms with van der Waals surface area (Å²) in [5, 5.41) is 3.39. The van der Waals surface area contributed by atoms with Gasteiger partial charge in [0.2, 0.25) is 0 Å². The van der Waals surface area contributed by atoms with Gasteiger partial charge in [-0.2, -0.15) is 0 Å². The Labute approximate surface area is 80.8 Å². The van der Waals surface area contributed by atoms with Crippen LogP contribution in [0.1, 0.15) is 20.3 Å². The van der Waals surface area contributed by atoms with E-state index < -0.39 is 0 Å². The Morgan fingerprint density at radius 3 is 2.92 bits per heavy atom. The fourth-order valence-electron chi connectivity index (χ4n) is 1.65. The largest absolute Gasteiger partial charge is 0.383 e. The van der Waals surface area contributed by atoms with E-state index >= 15 is 0 Å². The van der Waals surface area contributed by atoms with Crippen molar-refractivity contribution in [3.05, 3.63) is 0 Å². The maximum absolute atomic E-state index is 5.55. The normalized spacial score (nSPS) is 33.9. The van der Waals surface area contributed by atoms with E-state index in [9.17, 15) is 0 Å². The summed E-state index contributed by atoms with van der Waals surface area (Å²) >= 11 is 0. The van der Waals surface area contributed by atoms with E-state index in [1.54, 1.807) is 7.11 Å². The van der Waals surface area contributed by atoms with Gasteiger partial charge in [0.25, 0.3) is 0 Å². The highest BCUT2D eigenvalue weighted by Gasteiger charge is 2.36. The van der Waals surface area contributed by atoms with Gasteiger partial charge in [-0.25, -0.2) is 0 Å². The topological polar surface area (TPSA) is 30.5 Å². The average Bonchev–Trinajstić information content (AvgIpc) is 2.42. The van der Waals surface area contributed by atoms with Crippen LogP contribution in [0.25, 0.3) is 0 Å². The zero-order valence-electron chi connectivity index (χ0n) is 8.93. The molecule has 2 unspecified atom stereocenters. The molecule has 2 atom stereocenters. The van der Waals surface area contributed by atoms with E-state index in [1.165, 1.54) is 0 Å². The fourth-order valence-corrected chi connectivity index (χ4v) is 1.65. The van der Waals surface area contributed by atoms with Crippen molar-refractivity contribution in [1.82, 2.24) is 5.32 Å². The predicted molar refractivity (Wildman–Crippen MR) is 52.9 cm³/mol. The van der Waals surface area contributed by atoms with Crippen LogP contribution in [0.2, 0.25) is 0 Å². The first-order valence-electron chi connectivity index (χ1n) is 5.00. The summed E-state index contributed by atoms with van der Waals surface area (Å²) in [4.78, 5) is 0. The first kappa shape index (κ1) is 11.0. The van der Waals surface area contributed by atoms with Crippen LogP contribution in [0.3, 0.4) is 0 Å². The molecule has 1 aliphatic rings. The third-order valence-corrected chi connectivity index (χ3v) is 3.03.